The van der Waals surface area contributed by atoms with E-state index in [0.717, 1.165) is 0 Å². The van der Waals surface area contributed by atoms with Gasteiger partial charge in [-0.25, -0.2) is 13.2 Å². The number of para-hydroxylation sites is 1. The maximum atomic E-state index is 13.3. The summed E-state index contributed by atoms with van der Waals surface area (Å²) in [6, 6.07) is 9.89. The Morgan fingerprint density at radius 2 is 1.60 bits per heavy atom. The number of anilines is 2. The number of hydrogen-bond donors (Lipinski definition) is 2. The van der Waals surface area contributed by atoms with Crippen LogP contribution < -0.4 is 10.6 Å². The van der Waals surface area contributed by atoms with Crippen molar-refractivity contribution in [2.45, 2.75) is 0 Å². The Bertz CT molecular complexity index is 617. The number of nitrogens with one attached hydrogen (secondary N) is 2. The standard InChI is InChI=1S/C14H11F3N2O/c15-10-6-12(17)13(7-11(10)16)19-14(20)8-18-9-4-2-1-3-5-9/h1-7,18H,8H2,(H,19,20). The Balaban J connectivity index is 1.97. The maximum absolute atomic E-state index is 13.3. The highest BCUT2D eigenvalue weighted by atomic mass is 19.2. The van der Waals surface area contributed by atoms with E-state index >= 15 is 0 Å². The van der Waals surface area contributed by atoms with Crippen LogP contribution in [-0.4, -0.2) is 12.5 Å². The molecular weight excluding hydrogens is 269 g/mol. The van der Waals surface area contributed by atoms with Crippen molar-refractivity contribution in [3.05, 3.63) is 59.9 Å². The van der Waals surface area contributed by atoms with Gasteiger partial charge in [-0.05, 0) is 12.1 Å². The van der Waals surface area contributed by atoms with E-state index in [1.165, 1.54) is 0 Å². The van der Waals surface area contributed by atoms with Crippen molar-refractivity contribution >= 4 is 17.3 Å². The third-order valence-electron chi connectivity index (χ3n) is 2.51. The molecule has 0 unspecified atom stereocenters. The number of hydrogen-bond acceptors (Lipinski definition) is 2. The van der Waals surface area contributed by atoms with E-state index in [9.17, 15) is 18.0 Å². The van der Waals surface area contributed by atoms with E-state index in [2.05, 4.69) is 10.6 Å². The topological polar surface area (TPSA) is 41.1 Å². The van der Waals surface area contributed by atoms with Crippen LogP contribution in [0.5, 0.6) is 0 Å². The molecule has 0 saturated carbocycles. The van der Waals surface area contributed by atoms with Gasteiger partial charge in [-0.1, -0.05) is 18.2 Å². The monoisotopic (exact) mass is 280 g/mol. The first-order valence-electron chi connectivity index (χ1n) is 5.79. The number of halogens is 3. The quantitative estimate of drug-likeness (QED) is 0.845. The highest BCUT2D eigenvalue weighted by molar-refractivity contribution is 5.93. The van der Waals surface area contributed by atoms with Crippen molar-refractivity contribution in [1.29, 1.82) is 0 Å². The van der Waals surface area contributed by atoms with Crippen LogP contribution in [0, 0.1) is 17.5 Å². The Morgan fingerprint density at radius 3 is 2.30 bits per heavy atom. The number of carbonyl (C=O) groups is 1. The minimum absolute atomic E-state index is 0.123. The average molecular weight is 280 g/mol. The summed E-state index contributed by atoms with van der Waals surface area (Å²) >= 11 is 0. The predicted octanol–water partition coefficient (Wildman–Crippen LogP) is 3.15. The van der Waals surface area contributed by atoms with Crippen molar-refractivity contribution in [3.63, 3.8) is 0 Å². The Kier molecular flexibility index (Phi) is 4.24. The Hall–Kier alpha value is -2.50. The zero-order valence-electron chi connectivity index (χ0n) is 10.3. The van der Waals surface area contributed by atoms with Gasteiger partial charge in [0.1, 0.15) is 5.82 Å². The molecule has 0 bridgehead atoms. The minimum atomic E-state index is -1.30. The molecule has 2 N–H and O–H groups in total. The van der Waals surface area contributed by atoms with Gasteiger partial charge in [0.15, 0.2) is 11.6 Å². The number of benzene rings is 2. The van der Waals surface area contributed by atoms with Crippen LogP contribution in [0.4, 0.5) is 24.5 Å². The van der Waals surface area contributed by atoms with Crippen LogP contribution in [0.2, 0.25) is 0 Å². The van der Waals surface area contributed by atoms with Crippen LogP contribution in [-0.2, 0) is 4.79 Å². The summed E-state index contributed by atoms with van der Waals surface area (Å²) in [6.07, 6.45) is 0. The second kappa shape index (κ2) is 6.10. The first-order valence-corrected chi connectivity index (χ1v) is 5.79. The van der Waals surface area contributed by atoms with E-state index in [0.29, 0.717) is 17.8 Å². The van der Waals surface area contributed by atoms with Crippen molar-refractivity contribution in [3.8, 4) is 0 Å². The Morgan fingerprint density at radius 1 is 0.950 bits per heavy atom. The third-order valence-corrected chi connectivity index (χ3v) is 2.51. The van der Waals surface area contributed by atoms with Gasteiger partial charge in [-0.15, -0.1) is 0 Å². The maximum Gasteiger partial charge on any atom is 0.243 e. The van der Waals surface area contributed by atoms with Gasteiger partial charge in [0.2, 0.25) is 5.91 Å². The minimum Gasteiger partial charge on any atom is -0.376 e. The van der Waals surface area contributed by atoms with Crippen LogP contribution in [0.3, 0.4) is 0 Å². The Labute approximate surface area is 113 Å². The summed E-state index contributed by atoms with van der Waals surface area (Å²) in [5.41, 5.74) is 0.317. The molecular formula is C14H11F3N2O. The summed E-state index contributed by atoms with van der Waals surface area (Å²) in [5.74, 6) is -4.13. The first-order chi connectivity index (χ1) is 9.56. The summed E-state index contributed by atoms with van der Waals surface area (Å²) in [4.78, 5) is 11.6. The molecule has 2 aromatic rings. The average Bonchev–Trinajstić information content (AvgIpc) is 2.44. The molecule has 0 aromatic heterocycles. The molecule has 0 atom stereocenters. The van der Waals surface area contributed by atoms with Crippen LogP contribution in [0.1, 0.15) is 0 Å². The van der Waals surface area contributed by atoms with E-state index in [4.69, 9.17) is 0 Å². The van der Waals surface area contributed by atoms with Gasteiger partial charge < -0.3 is 10.6 Å². The van der Waals surface area contributed by atoms with Crippen molar-refractivity contribution in [2.75, 3.05) is 17.2 Å². The van der Waals surface area contributed by atoms with Crippen LogP contribution >= 0.6 is 0 Å². The normalized spacial score (nSPS) is 10.2. The number of amides is 1. The molecule has 3 nitrogen and oxygen atoms in total. The summed E-state index contributed by atoms with van der Waals surface area (Å²) in [5, 5.41) is 4.97. The lowest BCUT2D eigenvalue weighted by molar-refractivity contribution is -0.114. The van der Waals surface area contributed by atoms with Crippen LogP contribution in [0.25, 0.3) is 0 Å². The molecule has 104 valence electrons. The predicted molar refractivity (Wildman–Crippen MR) is 69.9 cm³/mol. The van der Waals surface area contributed by atoms with Crippen molar-refractivity contribution in [1.82, 2.24) is 0 Å². The highest BCUT2D eigenvalue weighted by Gasteiger charge is 2.12. The molecule has 0 heterocycles. The van der Waals surface area contributed by atoms with Gasteiger partial charge in [0, 0.05) is 17.8 Å². The molecule has 0 aliphatic carbocycles. The lowest BCUT2D eigenvalue weighted by Crippen LogP contribution is -2.22. The molecule has 0 aliphatic rings. The number of rotatable bonds is 4. The first kappa shape index (κ1) is 13.9. The van der Waals surface area contributed by atoms with E-state index < -0.39 is 29.0 Å². The lowest BCUT2D eigenvalue weighted by atomic mass is 10.2. The van der Waals surface area contributed by atoms with E-state index in [-0.39, 0.29) is 6.54 Å². The van der Waals surface area contributed by atoms with Gasteiger partial charge in [0.25, 0.3) is 0 Å². The molecule has 1 amide bonds. The molecule has 0 aliphatic heterocycles. The number of carbonyl (C=O) groups excluding carboxylic acids is 1. The van der Waals surface area contributed by atoms with Crippen LogP contribution in [0.15, 0.2) is 42.5 Å². The SMILES string of the molecule is O=C(CNc1ccccc1)Nc1cc(F)c(F)cc1F. The summed E-state index contributed by atoms with van der Waals surface area (Å²) in [6.45, 7) is -0.123. The fourth-order valence-electron chi connectivity index (χ4n) is 1.55. The molecule has 0 spiro atoms. The largest absolute Gasteiger partial charge is 0.376 e. The second-order valence-electron chi connectivity index (χ2n) is 4.01. The second-order valence-corrected chi connectivity index (χ2v) is 4.01. The van der Waals surface area contributed by atoms with Gasteiger partial charge in [0.05, 0.1) is 12.2 Å². The van der Waals surface area contributed by atoms with Gasteiger partial charge >= 0.3 is 0 Å². The fourth-order valence-corrected chi connectivity index (χ4v) is 1.55. The van der Waals surface area contributed by atoms with E-state index in [1.54, 1.807) is 24.3 Å². The van der Waals surface area contributed by atoms with E-state index in [1.807, 2.05) is 6.07 Å². The molecule has 0 fully saturated rings. The fraction of sp³-hybridized carbons (Fsp3) is 0.0714. The van der Waals surface area contributed by atoms with Crippen molar-refractivity contribution in [2.24, 2.45) is 0 Å². The third kappa shape index (κ3) is 3.50. The molecule has 2 rings (SSSR count). The summed E-state index contributed by atoms with van der Waals surface area (Å²) < 4.78 is 39.0. The van der Waals surface area contributed by atoms with Crippen molar-refractivity contribution < 1.29 is 18.0 Å². The summed E-state index contributed by atoms with van der Waals surface area (Å²) in [7, 11) is 0. The van der Waals surface area contributed by atoms with Gasteiger partial charge in [-0.3, -0.25) is 4.79 Å². The van der Waals surface area contributed by atoms with Gasteiger partial charge in [-0.2, -0.15) is 0 Å². The molecule has 6 heteroatoms. The zero-order chi connectivity index (χ0) is 14.5. The molecule has 2 aromatic carbocycles. The molecule has 20 heavy (non-hydrogen) atoms. The highest BCUT2D eigenvalue weighted by Crippen LogP contribution is 2.18. The molecule has 0 radical (unpaired) electrons. The smallest absolute Gasteiger partial charge is 0.243 e. The lowest BCUT2D eigenvalue weighted by Gasteiger charge is -2.08. The zero-order valence-corrected chi connectivity index (χ0v) is 10.3. The molecule has 0 saturated heterocycles.